The summed E-state index contributed by atoms with van der Waals surface area (Å²) >= 11 is 1.77. The highest BCUT2D eigenvalue weighted by atomic mass is 32.1. The molecule has 0 fully saturated rings. The summed E-state index contributed by atoms with van der Waals surface area (Å²) in [5.41, 5.74) is 2.19. The van der Waals surface area contributed by atoms with Crippen molar-refractivity contribution in [1.82, 2.24) is 0 Å². The minimum absolute atomic E-state index is 0.208. The van der Waals surface area contributed by atoms with Crippen molar-refractivity contribution in [3.63, 3.8) is 0 Å². The summed E-state index contributed by atoms with van der Waals surface area (Å²) in [5, 5.41) is 7.08. The van der Waals surface area contributed by atoms with E-state index in [4.69, 9.17) is 4.43 Å². The summed E-state index contributed by atoms with van der Waals surface area (Å²) in [4.78, 5) is 0. The third-order valence-electron chi connectivity index (χ3n) is 4.77. The zero-order valence-corrected chi connectivity index (χ0v) is 16.8. The van der Waals surface area contributed by atoms with Crippen LogP contribution in [0.5, 0.6) is 5.75 Å². The number of hydrogen-bond donors (Lipinski definition) is 1. The van der Waals surface area contributed by atoms with Crippen LogP contribution < -0.4 is 9.74 Å². The van der Waals surface area contributed by atoms with Gasteiger partial charge >= 0.3 is 0 Å². The molecule has 0 saturated heterocycles. The molecule has 0 amide bonds. The van der Waals surface area contributed by atoms with Gasteiger partial charge in [-0.3, -0.25) is 0 Å². The van der Waals surface area contributed by atoms with E-state index in [1.54, 1.807) is 11.3 Å². The van der Waals surface area contributed by atoms with Crippen LogP contribution in [0.2, 0.25) is 18.1 Å². The lowest BCUT2D eigenvalue weighted by atomic mass is 10.2. The highest BCUT2D eigenvalue weighted by Crippen LogP contribution is 2.37. The molecule has 1 aromatic heterocycles. The molecule has 0 aliphatic rings. The Balaban J connectivity index is 1.72. The standard InChI is InChI=1S/C20H25NOSSi/c1-20(2,3)24(4,5)22-18-9-6-16(7-10-18)21-17-8-11-19-15(14-17)12-13-23-19/h6-14,21H,1-5H3. The SMILES string of the molecule is CC(C)(C)[Si](C)(C)Oc1ccc(Nc2ccc3sccc3c2)cc1. The number of fused-ring (bicyclic) bond motifs is 1. The average molecular weight is 356 g/mol. The third-order valence-corrected chi connectivity index (χ3v) is 10.0. The van der Waals surface area contributed by atoms with Gasteiger partial charge in [0.25, 0.3) is 0 Å². The first-order chi connectivity index (χ1) is 11.2. The molecule has 0 radical (unpaired) electrons. The van der Waals surface area contributed by atoms with Gasteiger partial charge in [-0.25, -0.2) is 0 Å². The van der Waals surface area contributed by atoms with Gasteiger partial charge in [0.1, 0.15) is 5.75 Å². The molecule has 0 bridgehead atoms. The van der Waals surface area contributed by atoms with Crippen LogP contribution in [0.4, 0.5) is 11.4 Å². The van der Waals surface area contributed by atoms with Crippen molar-refractivity contribution in [2.45, 2.75) is 38.9 Å². The minimum Gasteiger partial charge on any atom is -0.544 e. The first kappa shape index (κ1) is 17.1. The molecule has 2 aromatic carbocycles. The average Bonchev–Trinajstić information content (AvgIpc) is 2.95. The first-order valence-corrected chi connectivity index (χ1v) is 12.1. The molecule has 0 unspecified atom stereocenters. The van der Waals surface area contributed by atoms with Crippen LogP contribution in [0.1, 0.15) is 20.8 Å². The van der Waals surface area contributed by atoms with E-state index in [2.05, 4.69) is 93.1 Å². The fourth-order valence-electron chi connectivity index (χ4n) is 2.27. The van der Waals surface area contributed by atoms with Crippen LogP contribution in [0.15, 0.2) is 53.9 Å². The largest absolute Gasteiger partial charge is 0.544 e. The van der Waals surface area contributed by atoms with Crippen LogP contribution >= 0.6 is 11.3 Å². The molecule has 2 nitrogen and oxygen atoms in total. The van der Waals surface area contributed by atoms with Crippen LogP contribution in [0.3, 0.4) is 0 Å². The quantitative estimate of drug-likeness (QED) is 0.507. The lowest BCUT2D eigenvalue weighted by Gasteiger charge is -2.36. The van der Waals surface area contributed by atoms with Gasteiger partial charge in [-0.05, 0) is 77.4 Å². The Morgan fingerprint density at radius 3 is 2.25 bits per heavy atom. The van der Waals surface area contributed by atoms with Gasteiger partial charge in [0.05, 0.1) is 0 Å². The zero-order chi connectivity index (χ0) is 17.4. The third kappa shape index (κ3) is 3.65. The molecular formula is C20H25NOSSi. The molecule has 24 heavy (non-hydrogen) atoms. The van der Waals surface area contributed by atoms with E-state index >= 15 is 0 Å². The van der Waals surface area contributed by atoms with E-state index in [0.717, 1.165) is 17.1 Å². The molecule has 4 heteroatoms. The highest BCUT2D eigenvalue weighted by molar-refractivity contribution is 7.17. The smallest absolute Gasteiger partial charge is 0.250 e. The van der Waals surface area contributed by atoms with Crippen molar-refractivity contribution >= 4 is 41.1 Å². The van der Waals surface area contributed by atoms with Crippen molar-refractivity contribution < 1.29 is 4.43 Å². The summed E-state index contributed by atoms with van der Waals surface area (Å²) in [7, 11) is -1.78. The normalized spacial score (nSPS) is 12.4. The van der Waals surface area contributed by atoms with Crippen molar-refractivity contribution in [3.05, 3.63) is 53.9 Å². The number of benzene rings is 2. The monoisotopic (exact) mass is 355 g/mol. The number of hydrogen-bond acceptors (Lipinski definition) is 3. The lowest BCUT2D eigenvalue weighted by molar-refractivity contribution is 0.492. The predicted molar refractivity (Wildman–Crippen MR) is 109 cm³/mol. The molecular weight excluding hydrogens is 330 g/mol. The Morgan fingerprint density at radius 1 is 0.917 bits per heavy atom. The van der Waals surface area contributed by atoms with E-state index in [1.807, 2.05) is 0 Å². The van der Waals surface area contributed by atoms with Crippen LogP contribution in [-0.2, 0) is 0 Å². The van der Waals surface area contributed by atoms with E-state index < -0.39 is 8.32 Å². The minimum atomic E-state index is -1.78. The maximum atomic E-state index is 6.33. The summed E-state index contributed by atoms with van der Waals surface area (Å²) < 4.78 is 7.65. The highest BCUT2D eigenvalue weighted by Gasteiger charge is 2.38. The second-order valence-corrected chi connectivity index (χ2v) is 13.4. The molecule has 0 atom stereocenters. The summed E-state index contributed by atoms with van der Waals surface area (Å²) in [6.07, 6.45) is 0. The fourth-order valence-corrected chi connectivity index (χ4v) is 4.07. The zero-order valence-electron chi connectivity index (χ0n) is 15.0. The Bertz CT molecular complexity index is 831. The molecule has 0 spiro atoms. The van der Waals surface area contributed by atoms with Crippen molar-refractivity contribution in [2.24, 2.45) is 0 Å². The molecule has 126 valence electrons. The van der Waals surface area contributed by atoms with E-state index in [1.165, 1.54) is 10.1 Å². The van der Waals surface area contributed by atoms with Crippen LogP contribution in [0, 0.1) is 0 Å². The van der Waals surface area contributed by atoms with Gasteiger partial charge in [0.15, 0.2) is 0 Å². The molecule has 1 heterocycles. The lowest BCUT2D eigenvalue weighted by Crippen LogP contribution is -2.43. The van der Waals surface area contributed by atoms with E-state index in [0.29, 0.717) is 0 Å². The van der Waals surface area contributed by atoms with E-state index in [-0.39, 0.29) is 5.04 Å². The van der Waals surface area contributed by atoms with E-state index in [9.17, 15) is 0 Å². The van der Waals surface area contributed by atoms with Gasteiger partial charge < -0.3 is 9.74 Å². The molecule has 0 aliphatic heterocycles. The molecule has 3 aromatic rings. The Labute approximate surface area is 149 Å². The number of nitrogens with one attached hydrogen (secondary N) is 1. The van der Waals surface area contributed by atoms with Gasteiger partial charge in [-0.15, -0.1) is 11.3 Å². The number of rotatable bonds is 4. The maximum Gasteiger partial charge on any atom is 0.250 e. The Morgan fingerprint density at radius 2 is 1.58 bits per heavy atom. The fraction of sp³-hybridized carbons (Fsp3) is 0.300. The van der Waals surface area contributed by atoms with Crippen LogP contribution in [-0.4, -0.2) is 8.32 Å². The summed E-state index contributed by atoms with van der Waals surface area (Å²) in [5.74, 6) is 0.959. The van der Waals surface area contributed by atoms with Crippen molar-refractivity contribution in [1.29, 1.82) is 0 Å². The number of thiophene rings is 1. The first-order valence-electron chi connectivity index (χ1n) is 8.28. The molecule has 1 N–H and O–H groups in total. The van der Waals surface area contributed by atoms with Gasteiger partial charge in [-0.1, -0.05) is 20.8 Å². The van der Waals surface area contributed by atoms with Gasteiger partial charge in [0, 0.05) is 16.1 Å². The summed E-state index contributed by atoms with van der Waals surface area (Å²) in [6.45, 7) is 11.3. The summed E-state index contributed by atoms with van der Waals surface area (Å²) in [6, 6.07) is 16.9. The van der Waals surface area contributed by atoms with Gasteiger partial charge in [0.2, 0.25) is 8.32 Å². The molecule has 0 saturated carbocycles. The number of anilines is 2. The molecule has 0 aliphatic carbocycles. The maximum absolute atomic E-state index is 6.33. The topological polar surface area (TPSA) is 21.3 Å². The Kier molecular flexibility index (Phi) is 4.45. The molecule has 3 rings (SSSR count). The Hall–Kier alpha value is -1.78. The van der Waals surface area contributed by atoms with Gasteiger partial charge in [-0.2, -0.15) is 0 Å². The second kappa shape index (κ2) is 6.26. The van der Waals surface area contributed by atoms with Crippen LogP contribution in [0.25, 0.3) is 10.1 Å². The van der Waals surface area contributed by atoms with Crippen molar-refractivity contribution in [3.8, 4) is 5.75 Å². The second-order valence-electron chi connectivity index (χ2n) is 7.68. The predicted octanol–water partition coefficient (Wildman–Crippen LogP) is 7.03. The van der Waals surface area contributed by atoms with Crippen molar-refractivity contribution in [2.75, 3.05) is 5.32 Å².